The van der Waals surface area contributed by atoms with Crippen LogP contribution in [0.2, 0.25) is 0 Å². The van der Waals surface area contributed by atoms with Crippen molar-refractivity contribution in [3.8, 4) is 5.75 Å². The first kappa shape index (κ1) is 35.5. The van der Waals surface area contributed by atoms with Gasteiger partial charge >= 0.3 is 18.0 Å². The van der Waals surface area contributed by atoms with Crippen molar-refractivity contribution in [3.63, 3.8) is 0 Å². The number of methoxy groups -OCH3 is 1. The number of rotatable bonds is 13. The first-order valence-corrected chi connectivity index (χ1v) is 16.0. The highest BCUT2D eigenvalue weighted by Crippen LogP contribution is 2.36. The summed E-state index contributed by atoms with van der Waals surface area (Å²) >= 11 is 0. The molecule has 0 saturated carbocycles. The summed E-state index contributed by atoms with van der Waals surface area (Å²) in [6.45, 7) is 6.34. The smallest absolute Gasteiger partial charge is 0.323 e. The normalized spacial score (nSPS) is 12.1. The summed E-state index contributed by atoms with van der Waals surface area (Å²) in [5, 5.41) is 5.62. The molecule has 12 nitrogen and oxygen atoms in total. The third kappa shape index (κ3) is 9.34. The van der Waals surface area contributed by atoms with E-state index in [1.165, 1.54) is 7.11 Å². The van der Waals surface area contributed by atoms with E-state index in [9.17, 15) is 24.0 Å². The Morgan fingerprint density at radius 2 is 1.35 bits per heavy atom. The van der Waals surface area contributed by atoms with Gasteiger partial charge < -0.3 is 34.6 Å². The van der Waals surface area contributed by atoms with Gasteiger partial charge in [-0.2, -0.15) is 0 Å². The lowest BCUT2D eigenvalue weighted by Gasteiger charge is -2.37. The Morgan fingerprint density at radius 3 is 2.04 bits per heavy atom. The number of fused-ring (bicyclic) bond motifs is 1. The third-order valence-electron chi connectivity index (χ3n) is 7.80. The maximum atomic E-state index is 13.7. The second-order valence-electron chi connectivity index (χ2n) is 11.1. The highest BCUT2D eigenvalue weighted by Gasteiger charge is 2.31. The van der Waals surface area contributed by atoms with Crippen molar-refractivity contribution in [2.24, 2.45) is 0 Å². The summed E-state index contributed by atoms with van der Waals surface area (Å²) in [5.41, 5.74) is 4.60. The topological polar surface area (TPSA) is 144 Å². The molecular weight excluding hydrogens is 616 g/mol. The minimum absolute atomic E-state index is 0.0346. The number of benzene rings is 3. The van der Waals surface area contributed by atoms with Gasteiger partial charge in [0.15, 0.2) is 0 Å². The van der Waals surface area contributed by atoms with Gasteiger partial charge in [0.2, 0.25) is 11.8 Å². The third-order valence-corrected chi connectivity index (χ3v) is 7.80. The van der Waals surface area contributed by atoms with Crippen LogP contribution in [-0.2, 0) is 41.5 Å². The number of nitrogens with zero attached hydrogens (tertiary/aromatic N) is 2. The van der Waals surface area contributed by atoms with Crippen molar-refractivity contribution in [2.75, 3.05) is 53.8 Å². The van der Waals surface area contributed by atoms with Crippen LogP contribution in [0.5, 0.6) is 5.75 Å². The van der Waals surface area contributed by atoms with E-state index in [-0.39, 0.29) is 69.8 Å². The molecule has 4 rings (SSSR count). The molecule has 0 aromatic heterocycles. The van der Waals surface area contributed by atoms with Crippen LogP contribution in [-0.4, -0.2) is 63.2 Å². The summed E-state index contributed by atoms with van der Waals surface area (Å²) in [4.78, 5) is 66.8. The fourth-order valence-corrected chi connectivity index (χ4v) is 5.39. The van der Waals surface area contributed by atoms with Crippen LogP contribution < -0.4 is 25.2 Å². The summed E-state index contributed by atoms with van der Waals surface area (Å²) in [6.07, 6.45) is 0.514. The lowest BCUT2D eigenvalue weighted by atomic mass is 10.0. The molecule has 2 N–H and O–H groups in total. The number of carbonyl (C=O) groups is 5. The maximum absolute atomic E-state index is 13.7. The zero-order chi connectivity index (χ0) is 34.6. The molecule has 0 fully saturated rings. The van der Waals surface area contributed by atoms with Crippen molar-refractivity contribution in [1.29, 1.82) is 0 Å². The number of hydrogen-bond donors (Lipinski definition) is 2. The van der Waals surface area contributed by atoms with Gasteiger partial charge in [0.1, 0.15) is 5.75 Å². The van der Waals surface area contributed by atoms with Gasteiger partial charge in [-0.05, 0) is 74.2 Å². The molecule has 0 radical (unpaired) electrons. The van der Waals surface area contributed by atoms with Crippen LogP contribution in [0.15, 0.2) is 60.7 Å². The van der Waals surface area contributed by atoms with Gasteiger partial charge in [0.05, 0.1) is 50.2 Å². The average Bonchev–Trinajstić information content (AvgIpc) is 3.07. The number of anilines is 4. The predicted octanol–water partition coefficient (Wildman–Crippen LogP) is 5.41. The van der Waals surface area contributed by atoms with E-state index < -0.39 is 12.0 Å². The number of para-hydroxylation sites is 1. The molecule has 1 aliphatic heterocycles. The van der Waals surface area contributed by atoms with Gasteiger partial charge in [-0.1, -0.05) is 30.3 Å². The zero-order valence-electron chi connectivity index (χ0n) is 27.8. The quantitative estimate of drug-likeness (QED) is 0.232. The monoisotopic (exact) mass is 658 g/mol. The second-order valence-corrected chi connectivity index (χ2v) is 11.1. The number of urea groups is 1. The van der Waals surface area contributed by atoms with E-state index in [1.54, 1.807) is 47.9 Å². The van der Waals surface area contributed by atoms with E-state index in [0.717, 1.165) is 11.1 Å². The van der Waals surface area contributed by atoms with Crippen LogP contribution in [0.1, 0.15) is 49.8 Å². The molecule has 12 heteroatoms. The van der Waals surface area contributed by atoms with Crippen molar-refractivity contribution < 1.29 is 38.2 Å². The Kier molecular flexibility index (Phi) is 12.5. The molecule has 4 amide bonds. The molecule has 0 bridgehead atoms. The molecule has 3 aromatic rings. The lowest BCUT2D eigenvalue weighted by molar-refractivity contribution is -0.144. The maximum Gasteiger partial charge on any atom is 0.323 e. The second kappa shape index (κ2) is 17.0. The van der Waals surface area contributed by atoms with E-state index in [4.69, 9.17) is 14.2 Å². The first-order valence-electron chi connectivity index (χ1n) is 16.0. The van der Waals surface area contributed by atoms with Crippen LogP contribution in [0.3, 0.4) is 0 Å². The predicted molar refractivity (Wildman–Crippen MR) is 182 cm³/mol. The fourth-order valence-electron chi connectivity index (χ4n) is 5.39. The number of esters is 2. The van der Waals surface area contributed by atoms with Crippen molar-refractivity contribution in [2.45, 2.75) is 52.9 Å². The van der Waals surface area contributed by atoms with Crippen molar-refractivity contribution in [3.05, 3.63) is 77.4 Å². The number of ether oxygens (including phenoxy) is 3. The number of carbonyl (C=O) groups excluding carboxylic acids is 5. The standard InChI is InChI=1S/C36H42N4O8/c1-5-47-34(43)17-13-25-12-15-29-30(21-25)40(32(41)16-18-35(44)48-6-2)20-19-39(29)33(42)23-26-11-14-28(31(22-26)46-4)38-36(45)37-27-10-8-7-9-24(27)3/h7-12,14-15,21-22H,5-6,13,16-20,23H2,1-4H3,(H2,37,38,45). The molecule has 1 aliphatic rings. The number of nitrogens with one attached hydrogen (secondary N) is 2. The van der Waals surface area contributed by atoms with Gasteiger partial charge in [-0.3, -0.25) is 19.2 Å². The van der Waals surface area contributed by atoms with Gasteiger partial charge in [-0.25, -0.2) is 4.79 Å². The Labute approximate surface area is 280 Å². The van der Waals surface area contributed by atoms with Crippen molar-refractivity contribution >= 4 is 52.5 Å². The van der Waals surface area contributed by atoms with E-state index in [2.05, 4.69) is 10.6 Å². The van der Waals surface area contributed by atoms with E-state index in [0.29, 0.717) is 40.5 Å². The van der Waals surface area contributed by atoms with Gasteiger partial charge in [0.25, 0.3) is 0 Å². The Balaban J connectivity index is 1.51. The summed E-state index contributed by atoms with van der Waals surface area (Å²) in [7, 11) is 1.49. The van der Waals surface area contributed by atoms with Crippen LogP contribution in [0.25, 0.3) is 0 Å². The highest BCUT2D eigenvalue weighted by molar-refractivity contribution is 6.05. The highest BCUT2D eigenvalue weighted by atomic mass is 16.5. The summed E-state index contributed by atoms with van der Waals surface area (Å²) in [6, 6.07) is 17.5. The SMILES string of the molecule is CCOC(=O)CCC(=O)N1CCN(C(=O)Cc2ccc(NC(=O)Nc3ccccc3C)c(OC)c2)c2ccc(CCC(=O)OCC)cc21. The molecule has 3 aromatic carbocycles. The van der Waals surface area contributed by atoms with Gasteiger partial charge in [-0.15, -0.1) is 0 Å². The van der Waals surface area contributed by atoms with Crippen molar-refractivity contribution in [1.82, 2.24) is 0 Å². The van der Waals surface area contributed by atoms with Crippen LogP contribution in [0, 0.1) is 6.92 Å². The number of aryl methyl sites for hydroxylation is 2. The van der Waals surface area contributed by atoms with E-state index in [1.807, 2.05) is 43.3 Å². The Hall–Kier alpha value is -5.39. The Bertz CT molecular complexity index is 1660. The molecular formula is C36H42N4O8. The fraction of sp³-hybridized carbons (Fsp3) is 0.361. The molecule has 0 spiro atoms. The molecule has 0 aliphatic carbocycles. The first-order chi connectivity index (χ1) is 23.1. The molecule has 1 heterocycles. The van der Waals surface area contributed by atoms with Crippen LogP contribution >= 0.6 is 0 Å². The summed E-state index contributed by atoms with van der Waals surface area (Å²) in [5.74, 6) is -0.846. The Morgan fingerprint density at radius 1 is 0.708 bits per heavy atom. The minimum Gasteiger partial charge on any atom is -0.495 e. The molecule has 0 saturated heterocycles. The number of hydrogen-bond acceptors (Lipinski definition) is 8. The lowest BCUT2D eigenvalue weighted by Crippen LogP contribution is -2.47. The van der Waals surface area contributed by atoms with E-state index >= 15 is 0 Å². The largest absolute Gasteiger partial charge is 0.495 e. The summed E-state index contributed by atoms with van der Waals surface area (Å²) < 4.78 is 15.6. The molecule has 0 atom stereocenters. The molecule has 254 valence electrons. The zero-order valence-corrected chi connectivity index (χ0v) is 27.8. The minimum atomic E-state index is -0.452. The molecule has 48 heavy (non-hydrogen) atoms. The average molecular weight is 659 g/mol. The molecule has 0 unspecified atom stereocenters. The van der Waals surface area contributed by atoms with Crippen LogP contribution in [0.4, 0.5) is 27.5 Å². The number of amides is 4. The van der Waals surface area contributed by atoms with Gasteiger partial charge in [0, 0.05) is 31.6 Å².